The Morgan fingerprint density at radius 3 is 2.89 bits per heavy atom. The fourth-order valence-electron chi connectivity index (χ4n) is 2.63. The minimum absolute atomic E-state index is 0.0728. The van der Waals surface area contributed by atoms with Crippen LogP contribution in [-0.2, 0) is 9.84 Å². The monoisotopic (exact) mass is 260 g/mol. The first-order chi connectivity index (χ1) is 8.55. The highest BCUT2D eigenvalue weighted by molar-refractivity contribution is 7.95. The van der Waals surface area contributed by atoms with Gasteiger partial charge >= 0.3 is 0 Å². The molecule has 0 radical (unpaired) electrons. The van der Waals surface area contributed by atoms with Crippen molar-refractivity contribution in [2.75, 3.05) is 11.4 Å². The molecule has 4 nitrogen and oxygen atoms in total. The smallest absolute Gasteiger partial charge is 0.220 e. The van der Waals surface area contributed by atoms with Gasteiger partial charge in [0.1, 0.15) is 6.07 Å². The van der Waals surface area contributed by atoms with E-state index in [2.05, 4.69) is 0 Å². The van der Waals surface area contributed by atoms with Gasteiger partial charge in [-0.25, -0.2) is 8.42 Å². The maximum Gasteiger partial charge on any atom is 0.220 e. The lowest BCUT2D eigenvalue weighted by Crippen LogP contribution is -2.26. The highest BCUT2D eigenvalue weighted by Gasteiger charge is 2.38. The van der Waals surface area contributed by atoms with Crippen LogP contribution in [-0.4, -0.2) is 15.0 Å². The molecule has 3 rings (SSSR count). The SMILES string of the molecule is Cc1ccc2c(c1)N1CCCC1=C(C#N)S2(=O)=O. The Labute approximate surface area is 106 Å². The fourth-order valence-corrected chi connectivity index (χ4v) is 4.19. The quantitative estimate of drug-likeness (QED) is 0.717. The van der Waals surface area contributed by atoms with E-state index in [1.807, 2.05) is 24.0 Å². The molecule has 0 N–H and O–H groups in total. The molecule has 0 bridgehead atoms. The van der Waals surface area contributed by atoms with E-state index in [1.165, 1.54) is 0 Å². The molecule has 2 aliphatic rings. The lowest BCUT2D eigenvalue weighted by atomic mass is 10.2. The Kier molecular flexibility index (Phi) is 2.26. The van der Waals surface area contributed by atoms with Crippen molar-refractivity contribution in [1.82, 2.24) is 0 Å². The number of allylic oxidation sites excluding steroid dienone is 2. The molecule has 1 aromatic rings. The maximum atomic E-state index is 12.4. The van der Waals surface area contributed by atoms with Crippen molar-refractivity contribution in [2.45, 2.75) is 24.7 Å². The average Bonchev–Trinajstić information content (AvgIpc) is 2.77. The largest absolute Gasteiger partial charge is 0.342 e. The van der Waals surface area contributed by atoms with Gasteiger partial charge in [0.05, 0.1) is 10.6 Å². The highest BCUT2D eigenvalue weighted by atomic mass is 32.2. The number of hydrogen-bond acceptors (Lipinski definition) is 4. The molecule has 1 aromatic carbocycles. The van der Waals surface area contributed by atoms with E-state index in [9.17, 15) is 8.42 Å². The third-order valence-corrected chi connectivity index (χ3v) is 5.24. The minimum atomic E-state index is -3.63. The Balaban J connectivity index is 2.38. The van der Waals surface area contributed by atoms with E-state index in [4.69, 9.17) is 5.26 Å². The summed E-state index contributed by atoms with van der Waals surface area (Å²) in [6.07, 6.45) is 1.55. The Hall–Kier alpha value is -1.80. The summed E-state index contributed by atoms with van der Waals surface area (Å²) in [5.41, 5.74) is 2.41. The second kappa shape index (κ2) is 3.59. The number of anilines is 1. The molecule has 5 heteroatoms. The Morgan fingerprint density at radius 1 is 1.39 bits per heavy atom. The second-order valence-electron chi connectivity index (χ2n) is 4.62. The zero-order chi connectivity index (χ0) is 12.9. The number of aryl methyl sites for hydroxylation is 1. The molecule has 92 valence electrons. The van der Waals surface area contributed by atoms with Crippen LogP contribution in [0.25, 0.3) is 0 Å². The van der Waals surface area contributed by atoms with Gasteiger partial charge in [0.25, 0.3) is 0 Å². The van der Waals surface area contributed by atoms with Gasteiger partial charge in [-0.15, -0.1) is 0 Å². The van der Waals surface area contributed by atoms with E-state index in [1.54, 1.807) is 12.1 Å². The summed E-state index contributed by atoms with van der Waals surface area (Å²) in [5, 5.41) is 9.14. The first kappa shape index (κ1) is 11.3. The second-order valence-corrected chi connectivity index (χ2v) is 6.47. The number of nitrogens with zero attached hydrogens (tertiary/aromatic N) is 2. The molecule has 0 saturated carbocycles. The zero-order valence-corrected chi connectivity index (χ0v) is 10.8. The van der Waals surface area contributed by atoms with Crippen molar-refractivity contribution in [1.29, 1.82) is 5.26 Å². The number of nitriles is 1. The van der Waals surface area contributed by atoms with Gasteiger partial charge in [-0.1, -0.05) is 6.07 Å². The summed E-state index contributed by atoms with van der Waals surface area (Å²) in [7, 11) is -3.63. The summed E-state index contributed by atoms with van der Waals surface area (Å²) >= 11 is 0. The van der Waals surface area contributed by atoms with Crippen molar-refractivity contribution in [3.63, 3.8) is 0 Å². The standard InChI is InChI=1S/C13H12N2O2S/c1-9-4-5-12-11(7-9)15-6-2-3-10(15)13(8-14)18(12,16)17/h4-5,7H,2-3,6H2,1H3. The zero-order valence-electron chi connectivity index (χ0n) is 9.97. The molecule has 0 unspecified atom stereocenters. The maximum absolute atomic E-state index is 12.4. The third kappa shape index (κ3) is 1.33. The summed E-state index contributed by atoms with van der Waals surface area (Å²) in [4.78, 5) is 2.16. The normalized spacial score (nSPS) is 20.3. The van der Waals surface area contributed by atoms with Crippen LogP contribution in [0, 0.1) is 18.3 Å². The van der Waals surface area contributed by atoms with E-state index in [0.717, 1.165) is 24.2 Å². The van der Waals surface area contributed by atoms with E-state index < -0.39 is 9.84 Å². The molecule has 0 aliphatic carbocycles. The van der Waals surface area contributed by atoms with Gasteiger partial charge in [0, 0.05) is 12.2 Å². The molecule has 1 fully saturated rings. The topological polar surface area (TPSA) is 61.2 Å². The van der Waals surface area contributed by atoms with Crippen LogP contribution in [0.5, 0.6) is 0 Å². The summed E-state index contributed by atoms with van der Waals surface area (Å²) in [6.45, 7) is 2.72. The molecule has 0 amide bonds. The van der Waals surface area contributed by atoms with Crippen LogP contribution >= 0.6 is 0 Å². The van der Waals surface area contributed by atoms with Crippen molar-refractivity contribution >= 4 is 15.5 Å². The van der Waals surface area contributed by atoms with Crippen LogP contribution in [0.2, 0.25) is 0 Å². The molecule has 18 heavy (non-hydrogen) atoms. The lowest BCUT2D eigenvalue weighted by Gasteiger charge is -2.28. The average molecular weight is 260 g/mol. The van der Waals surface area contributed by atoms with Crippen LogP contribution in [0.1, 0.15) is 18.4 Å². The number of rotatable bonds is 0. The van der Waals surface area contributed by atoms with Gasteiger partial charge in [0.2, 0.25) is 9.84 Å². The highest BCUT2D eigenvalue weighted by Crippen LogP contribution is 2.43. The predicted molar refractivity (Wildman–Crippen MR) is 67.6 cm³/mol. The van der Waals surface area contributed by atoms with E-state index >= 15 is 0 Å². The van der Waals surface area contributed by atoms with Crippen molar-refractivity contribution < 1.29 is 8.42 Å². The van der Waals surface area contributed by atoms with Crippen LogP contribution in [0.15, 0.2) is 33.7 Å². The first-order valence-corrected chi connectivity index (χ1v) is 7.30. The number of fused-ring (bicyclic) bond motifs is 3. The van der Waals surface area contributed by atoms with Crippen LogP contribution in [0.4, 0.5) is 5.69 Å². The van der Waals surface area contributed by atoms with Gasteiger partial charge in [-0.05, 0) is 37.5 Å². The summed E-state index contributed by atoms with van der Waals surface area (Å²) in [5.74, 6) is 0. The molecule has 2 aliphatic heterocycles. The van der Waals surface area contributed by atoms with Gasteiger partial charge in [-0.3, -0.25) is 0 Å². The van der Waals surface area contributed by atoms with Crippen molar-refractivity contribution in [3.05, 3.63) is 34.4 Å². The van der Waals surface area contributed by atoms with E-state index in [-0.39, 0.29) is 9.80 Å². The molecule has 0 atom stereocenters. The molecule has 0 spiro atoms. The Bertz CT molecular complexity index is 711. The van der Waals surface area contributed by atoms with Crippen molar-refractivity contribution in [3.8, 4) is 6.07 Å². The lowest BCUT2D eigenvalue weighted by molar-refractivity contribution is 0.601. The number of benzene rings is 1. The van der Waals surface area contributed by atoms with Crippen molar-refractivity contribution in [2.24, 2.45) is 0 Å². The number of sulfone groups is 1. The Morgan fingerprint density at radius 2 is 2.17 bits per heavy atom. The number of hydrogen-bond donors (Lipinski definition) is 0. The first-order valence-electron chi connectivity index (χ1n) is 5.82. The van der Waals surface area contributed by atoms with Gasteiger partial charge in [0.15, 0.2) is 4.91 Å². The predicted octanol–water partition coefficient (Wildman–Crippen LogP) is 2.12. The minimum Gasteiger partial charge on any atom is -0.342 e. The van der Waals surface area contributed by atoms with Crippen LogP contribution in [0.3, 0.4) is 0 Å². The third-order valence-electron chi connectivity index (χ3n) is 3.45. The molecular formula is C13H12N2O2S. The molecule has 0 aromatic heterocycles. The molecule has 2 heterocycles. The molecule has 1 saturated heterocycles. The van der Waals surface area contributed by atoms with Crippen LogP contribution < -0.4 is 4.90 Å². The van der Waals surface area contributed by atoms with Gasteiger partial charge < -0.3 is 4.90 Å². The fraction of sp³-hybridized carbons (Fsp3) is 0.308. The van der Waals surface area contributed by atoms with E-state index in [0.29, 0.717) is 12.1 Å². The summed E-state index contributed by atoms with van der Waals surface area (Å²) in [6, 6.07) is 7.13. The van der Waals surface area contributed by atoms with Gasteiger partial charge in [-0.2, -0.15) is 5.26 Å². The summed E-state index contributed by atoms with van der Waals surface area (Å²) < 4.78 is 24.8. The molecular weight excluding hydrogens is 248 g/mol.